The smallest absolute Gasteiger partial charge is 0.322 e. The number of amides is 2. The van der Waals surface area contributed by atoms with Gasteiger partial charge in [0.1, 0.15) is 5.82 Å². The van der Waals surface area contributed by atoms with Crippen molar-refractivity contribution >= 4 is 29.1 Å². The van der Waals surface area contributed by atoms with E-state index < -0.39 is 0 Å². The second-order valence-corrected chi connectivity index (χ2v) is 8.28. The molecular formula is C25H24ClN5O. The topological polar surface area (TPSA) is 72.3 Å². The molecule has 0 saturated carbocycles. The monoisotopic (exact) mass is 445 g/mol. The third-order valence-corrected chi connectivity index (χ3v) is 5.96. The maximum absolute atomic E-state index is 12.9. The fourth-order valence-electron chi connectivity index (χ4n) is 3.97. The summed E-state index contributed by atoms with van der Waals surface area (Å²) in [4.78, 5) is 21.2. The molecular weight excluding hydrogens is 422 g/mol. The van der Waals surface area contributed by atoms with Gasteiger partial charge in [0, 0.05) is 37.6 Å². The van der Waals surface area contributed by atoms with E-state index in [2.05, 4.69) is 21.3 Å². The molecule has 4 rings (SSSR count). The highest BCUT2D eigenvalue weighted by Gasteiger charge is 2.28. The van der Waals surface area contributed by atoms with Gasteiger partial charge < -0.3 is 15.1 Å². The summed E-state index contributed by atoms with van der Waals surface area (Å²) in [5.41, 5.74) is 3.51. The normalized spacial score (nSPS) is 15.8. The molecule has 1 N–H and O–H groups in total. The number of hydrogen-bond acceptors (Lipinski definition) is 4. The molecule has 0 aliphatic carbocycles. The number of pyridine rings is 1. The number of piperazine rings is 1. The first-order valence-electron chi connectivity index (χ1n) is 10.5. The number of anilines is 2. The number of benzene rings is 2. The zero-order valence-electron chi connectivity index (χ0n) is 17.8. The first kappa shape index (κ1) is 21.7. The van der Waals surface area contributed by atoms with Gasteiger partial charge in [-0.1, -0.05) is 41.9 Å². The van der Waals surface area contributed by atoms with Gasteiger partial charge in [0.2, 0.25) is 0 Å². The number of carbonyl (C=O) groups excluding carboxylic acids is 1. The fourth-order valence-corrected chi connectivity index (χ4v) is 4.21. The van der Waals surface area contributed by atoms with Gasteiger partial charge in [0.05, 0.1) is 16.7 Å². The minimum atomic E-state index is -0.119. The second kappa shape index (κ2) is 9.71. The van der Waals surface area contributed by atoms with Crippen molar-refractivity contribution in [1.29, 1.82) is 5.26 Å². The number of nitrogens with one attached hydrogen (secondary N) is 1. The summed E-state index contributed by atoms with van der Waals surface area (Å²) >= 11 is 6.28. The van der Waals surface area contributed by atoms with Crippen molar-refractivity contribution in [3.63, 3.8) is 0 Å². The van der Waals surface area contributed by atoms with Crippen LogP contribution in [0.4, 0.5) is 16.3 Å². The van der Waals surface area contributed by atoms with Gasteiger partial charge in [0.15, 0.2) is 0 Å². The molecule has 1 fully saturated rings. The highest BCUT2D eigenvalue weighted by atomic mass is 35.5. The summed E-state index contributed by atoms with van der Waals surface area (Å²) in [5, 5.41) is 12.9. The van der Waals surface area contributed by atoms with Gasteiger partial charge in [-0.05, 0) is 54.8 Å². The number of rotatable bonds is 4. The molecule has 2 amide bonds. The molecule has 32 heavy (non-hydrogen) atoms. The van der Waals surface area contributed by atoms with E-state index in [1.165, 1.54) is 0 Å². The molecule has 1 saturated heterocycles. The van der Waals surface area contributed by atoms with Crippen LogP contribution in [0.3, 0.4) is 0 Å². The van der Waals surface area contributed by atoms with E-state index in [9.17, 15) is 10.1 Å². The maximum Gasteiger partial charge on any atom is 0.322 e. The number of hydrogen-bond donors (Lipinski definition) is 1. The number of nitrogens with zero attached hydrogens (tertiary/aromatic N) is 4. The standard InChI is InChI=1S/C25H24ClN5O/c1-18-17-30(24-23(26)7-4-12-28-24)13-14-31(18)25(32)29-22-10-8-19(9-11-22)15-20-5-2-3-6-21(20)16-27/h2-12,18H,13-15,17H2,1H3,(H,29,32)/t18-/m1/s1. The van der Waals surface area contributed by atoms with Gasteiger partial charge in [-0.15, -0.1) is 0 Å². The zero-order valence-corrected chi connectivity index (χ0v) is 18.6. The molecule has 1 aromatic heterocycles. The van der Waals surface area contributed by atoms with E-state index >= 15 is 0 Å². The highest BCUT2D eigenvalue weighted by molar-refractivity contribution is 6.32. The lowest BCUT2D eigenvalue weighted by molar-refractivity contribution is 0.184. The van der Waals surface area contributed by atoms with Crippen LogP contribution in [0.15, 0.2) is 66.9 Å². The van der Waals surface area contributed by atoms with Crippen LogP contribution in [-0.4, -0.2) is 41.6 Å². The van der Waals surface area contributed by atoms with Gasteiger partial charge >= 0.3 is 6.03 Å². The Kier molecular flexibility index (Phi) is 6.58. The van der Waals surface area contributed by atoms with E-state index in [0.29, 0.717) is 36.6 Å². The predicted molar refractivity (Wildman–Crippen MR) is 127 cm³/mol. The molecule has 2 aromatic carbocycles. The summed E-state index contributed by atoms with van der Waals surface area (Å²) in [6.45, 7) is 3.95. The lowest BCUT2D eigenvalue weighted by Crippen LogP contribution is -2.55. The van der Waals surface area contributed by atoms with Crippen LogP contribution in [0.1, 0.15) is 23.6 Å². The molecule has 7 heteroatoms. The SMILES string of the molecule is C[C@@H]1CN(c2ncccc2Cl)CCN1C(=O)Nc1ccc(Cc2ccccc2C#N)cc1. The summed E-state index contributed by atoms with van der Waals surface area (Å²) in [6, 6.07) is 21.1. The molecule has 2 heterocycles. The van der Waals surface area contributed by atoms with Gasteiger partial charge in [-0.25, -0.2) is 9.78 Å². The predicted octanol–water partition coefficient (Wildman–Crippen LogP) is 4.94. The lowest BCUT2D eigenvalue weighted by Gasteiger charge is -2.40. The summed E-state index contributed by atoms with van der Waals surface area (Å²) in [6.07, 6.45) is 2.40. The van der Waals surface area contributed by atoms with E-state index in [4.69, 9.17) is 11.6 Å². The van der Waals surface area contributed by atoms with Crippen molar-refractivity contribution < 1.29 is 4.79 Å². The Morgan fingerprint density at radius 3 is 2.66 bits per heavy atom. The Balaban J connectivity index is 1.36. The number of urea groups is 1. The largest absolute Gasteiger partial charge is 0.352 e. The number of aromatic nitrogens is 1. The summed E-state index contributed by atoms with van der Waals surface area (Å²) in [5.74, 6) is 0.759. The number of halogens is 1. The Hall–Kier alpha value is -3.56. The van der Waals surface area contributed by atoms with Crippen molar-refractivity contribution in [3.05, 3.63) is 88.6 Å². The van der Waals surface area contributed by atoms with Gasteiger partial charge in [0.25, 0.3) is 0 Å². The Morgan fingerprint density at radius 2 is 1.94 bits per heavy atom. The molecule has 6 nitrogen and oxygen atoms in total. The van der Waals surface area contributed by atoms with E-state index in [0.717, 1.165) is 22.6 Å². The van der Waals surface area contributed by atoms with Crippen molar-refractivity contribution in [1.82, 2.24) is 9.88 Å². The van der Waals surface area contributed by atoms with Crippen molar-refractivity contribution in [2.75, 3.05) is 29.9 Å². The first-order chi connectivity index (χ1) is 15.5. The average Bonchev–Trinajstić information content (AvgIpc) is 2.81. The molecule has 0 radical (unpaired) electrons. The number of nitriles is 1. The minimum Gasteiger partial charge on any atom is -0.352 e. The Labute approximate surface area is 193 Å². The van der Waals surface area contributed by atoms with E-state index in [-0.39, 0.29) is 12.1 Å². The van der Waals surface area contributed by atoms with E-state index in [1.807, 2.05) is 72.5 Å². The third-order valence-electron chi connectivity index (χ3n) is 5.66. The van der Waals surface area contributed by atoms with Gasteiger partial charge in [-0.2, -0.15) is 5.26 Å². The van der Waals surface area contributed by atoms with Crippen molar-refractivity contribution in [2.45, 2.75) is 19.4 Å². The maximum atomic E-state index is 12.9. The molecule has 3 aromatic rings. The van der Waals surface area contributed by atoms with E-state index in [1.54, 1.807) is 6.20 Å². The Bertz CT molecular complexity index is 1140. The quantitative estimate of drug-likeness (QED) is 0.617. The molecule has 162 valence electrons. The zero-order chi connectivity index (χ0) is 22.5. The number of carbonyl (C=O) groups is 1. The van der Waals surface area contributed by atoms with Crippen LogP contribution in [-0.2, 0) is 6.42 Å². The summed E-state index contributed by atoms with van der Waals surface area (Å²) < 4.78 is 0. The van der Waals surface area contributed by atoms with Crippen LogP contribution >= 0.6 is 11.6 Å². The van der Waals surface area contributed by atoms with Gasteiger partial charge in [-0.3, -0.25) is 0 Å². The molecule has 0 spiro atoms. The van der Waals surface area contributed by atoms with Crippen LogP contribution in [0.2, 0.25) is 5.02 Å². The first-order valence-corrected chi connectivity index (χ1v) is 10.9. The van der Waals surface area contributed by atoms with Crippen molar-refractivity contribution in [2.24, 2.45) is 0 Å². The fraction of sp³-hybridized carbons (Fsp3) is 0.240. The third kappa shape index (κ3) is 4.84. The average molecular weight is 446 g/mol. The molecule has 1 aliphatic heterocycles. The lowest BCUT2D eigenvalue weighted by atomic mass is 10.0. The second-order valence-electron chi connectivity index (χ2n) is 7.87. The summed E-state index contributed by atoms with van der Waals surface area (Å²) in [7, 11) is 0. The Morgan fingerprint density at radius 1 is 1.16 bits per heavy atom. The molecule has 0 unspecified atom stereocenters. The van der Waals surface area contributed by atoms with Crippen LogP contribution in [0.25, 0.3) is 0 Å². The highest BCUT2D eigenvalue weighted by Crippen LogP contribution is 2.25. The van der Waals surface area contributed by atoms with Crippen molar-refractivity contribution in [3.8, 4) is 6.07 Å². The minimum absolute atomic E-state index is 0.0172. The van der Waals surface area contributed by atoms with Crippen LogP contribution in [0.5, 0.6) is 0 Å². The van der Waals surface area contributed by atoms with Crippen LogP contribution in [0, 0.1) is 11.3 Å². The van der Waals surface area contributed by atoms with Crippen LogP contribution < -0.4 is 10.2 Å². The molecule has 1 atom stereocenters. The molecule has 0 bridgehead atoms. The molecule has 1 aliphatic rings.